The van der Waals surface area contributed by atoms with E-state index in [0.29, 0.717) is 18.3 Å². The zero-order chi connectivity index (χ0) is 21.3. The molecule has 0 radical (unpaired) electrons. The lowest BCUT2D eigenvalue weighted by molar-refractivity contribution is -0.131. The highest BCUT2D eigenvalue weighted by Gasteiger charge is 2.43. The summed E-state index contributed by atoms with van der Waals surface area (Å²) < 4.78 is 5.69. The average Bonchev–Trinajstić information content (AvgIpc) is 3.33. The summed E-state index contributed by atoms with van der Waals surface area (Å²) in [6.07, 6.45) is 5.71. The minimum Gasteiger partial charge on any atom is -0.483 e. The Hall–Kier alpha value is -2.05. The molecule has 7 heteroatoms. The summed E-state index contributed by atoms with van der Waals surface area (Å²) in [5.74, 6) is 1.27. The van der Waals surface area contributed by atoms with Crippen molar-refractivity contribution in [1.82, 2.24) is 4.90 Å². The molecule has 2 N–H and O–H groups in total. The SMILES string of the molecule is Cc1cc2occ(CC(=O)N(C)C3C[C@H]4CC(O)C[C@H]4C3)c2c(C)c1Cl.O=CO. The van der Waals surface area contributed by atoms with Gasteiger partial charge in [0.05, 0.1) is 18.8 Å². The maximum absolute atomic E-state index is 12.9. The maximum Gasteiger partial charge on any atom is 0.290 e. The van der Waals surface area contributed by atoms with Crippen LogP contribution in [-0.2, 0) is 16.0 Å². The largest absolute Gasteiger partial charge is 0.483 e. The molecule has 2 aliphatic carbocycles. The van der Waals surface area contributed by atoms with Crippen molar-refractivity contribution in [3.05, 3.63) is 34.0 Å². The highest BCUT2D eigenvalue weighted by Crippen LogP contribution is 2.45. The van der Waals surface area contributed by atoms with E-state index in [0.717, 1.165) is 58.4 Å². The number of hydrogen-bond acceptors (Lipinski definition) is 4. The van der Waals surface area contributed by atoms with Crippen LogP contribution in [0.1, 0.15) is 42.4 Å². The van der Waals surface area contributed by atoms with E-state index in [9.17, 15) is 9.90 Å². The molecule has 2 saturated carbocycles. The fraction of sp³-hybridized carbons (Fsp3) is 0.545. The van der Waals surface area contributed by atoms with Gasteiger partial charge in [-0.25, -0.2) is 0 Å². The summed E-state index contributed by atoms with van der Waals surface area (Å²) in [7, 11) is 1.91. The number of carbonyl (C=O) groups excluding carboxylic acids is 1. The van der Waals surface area contributed by atoms with Crippen LogP contribution in [0.5, 0.6) is 0 Å². The van der Waals surface area contributed by atoms with Crippen LogP contribution in [0, 0.1) is 25.7 Å². The third kappa shape index (κ3) is 4.28. The highest BCUT2D eigenvalue weighted by atomic mass is 35.5. The number of fused-ring (bicyclic) bond motifs is 2. The molecule has 158 valence electrons. The van der Waals surface area contributed by atoms with Crippen LogP contribution in [-0.4, -0.2) is 46.7 Å². The molecule has 4 atom stereocenters. The molecule has 1 aromatic carbocycles. The normalized spacial score (nSPS) is 25.4. The molecule has 2 unspecified atom stereocenters. The van der Waals surface area contributed by atoms with Gasteiger partial charge in [-0.1, -0.05) is 11.6 Å². The minimum absolute atomic E-state index is 0.120. The molecule has 2 aliphatic rings. The maximum atomic E-state index is 12.9. The number of benzene rings is 1. The monoisotopic (exact) mass is 421 g/mol. The van der Waals surface area contributed by atoms with Gasteiger partial charge >= 0.3 is 0 Å². The predicted molar refractivity (Wildman–Crippen MR) is 111 cm³/mol. The summed E-state index contributed by atoms with van der Waals surface area (Å²) in [6, 6.07) is 2.22. The molecular formula is C22H28ClNO5. The third-order valence-corrected chi connectivity index (χ3v) is 7.12. The number of halogens is 1. The fourth-order valence-corrected chi connectivity index (χ4v) is 5.25. The third-order valence-electron chi connectivity index (χ3n) is 6.54. The van der Waals surface area contributed by atoms with Gasteiger partial charge in [0.15, 0.2) is 0 Å². The van der Waals surface area contributed by atoms with Crippen molar-refractivity contribution in [2.24, 2.45) is 11.8 Å². The lowest BCUT2D eigenvalue weighted by atomic mass is 10.0. The molecule has 2 fully saturated rings. The van der Waals surface area contributed by atoms with Gasteiger partial charge in [0, 0.05) is 29.1 Å². The Morgan fingerprint density at radius 1 is 1.28 bits per heavy atom. The number of likely N-dealkylation sites (N-methyl/N-ethyl adjacent to an activating group) is 1. The minimum atomic E-state index is -0.250. The molecule has 1 amide bonds. The van der Waals surface area contributed by atoms with Gasteiger partial charge < -0.3 is 19.5 Å². The second-order valence-corrected chi connectivity index (χ2v) is 8.70. The highest BCUT2D eigenvalue weighted by molar-refractivity contribution is 6.33. The van der Waals surface area contributed by atoms with Crippen LogP contribution in [0.15, 0.2) is 16.7 Å². The van der Waals surface area contributed by atoms with E-state index in [2.05, 4.69) is 0 Å². The van der Waals surface area contributed by atoms with Crippen LogP contribution < -0.4 is 0 Å². The van der Waals surface area contributed by atoms with E-state index in [4.69, 9.17) is 25.9 Å². The van der Waals surface area contributed by atoms with E-state index < -0.39 is 0 Å². The summed E-state index contributed by atoms with van der Waals surface area (Å²) in [5.41, 5.74) is 3.66. The van der Waals surface area contributed by atoms with Gasteiger partial charge in [0.25, 0.3) is 6.47 Å². The Kier molecular flexibility index (Phi) is 6.54. The van der Waals surface area contributed by atoms with E-state index in [-0.39, 0.29) is 24.5 Å². The Morgan fingerprint density at radius 2 is 1.86 bits per heavy atom. The number of aryl methyl sites for hydroxylation is 2. The summed E-state index contributed by atoms with van der Waals surface area (Å²) in [6.45, 7) is 3.69. The molecule has 0 bridgehead atoms. The van der Waals surface area contributed by atoms with Gasteiger partial charge in [0.2, 0.25) is 5.91 Å². The zero-order valence-corrected chi connectivity index (χ0v) is 17.8. The number of carbonyl (C=O) groups is 2. The Balaban J connectivity index is 0.000000755. The molecule has 6 nitrogen and oxygen atoms in total. The number of aliphatic hydroxyl groups excluding tert-OH is 1. The first-order valence-corrected chi connectivity index (χ1v) is 10.3. The fourth-order valence-electron chi connectivity index (χ4n) is 5.10. The first-order valence-electron chi connectivity index (χ1n) is 9.94. The van der Waals surface area contributed by atoms with Crippen molar-refractivity contribution in [2.45, 2.75) is 58.1 Å². The summed E-state index contributed by atoms with van der Waals surface area (Å²) >= 11 is 6.40. The zero-order valence-electron chi connectivity index (χ0n) is 17.0. The van der Waals surface area contributed by atoms with E-state index >= 15 is 0 Å². The van der Waals surface area contributed by atoms with E-state index in [1.807, 2.05) is 31.9 Å². The number of hydrogen-bond donors (Lipinski definition) is 2. The number of amides is 1. The van der Waals surface area contributed by atoms with Gasteiger partial charge in [-0.15, -0.1) is 0 Å². The van der Waals surface area contributed by atoms with Crippen LogP contribution in [0.4, 0.5) is 0 Å². The number of aliphatic hydroxyl groups is 1. The summed E-state index contributed by atoms with van der Waals surface area (Å²) in [4.78, 5) is 23.2. The molecule has 1 heterocycles. The van der Waals surface area contributed by atoms with Crippen molar-refractivity contribution in [2.75, 3.05) is 7.05 Å². The Labute approximate surface area is 175 Å². The van der Waals surface area contributed by atoms with Crippen LogP contribution in [0.3, 0.4) is 0 Å². The van der Waals surface area contributed by atoms with Gasteiger partial charge in [-0.05, 0) is 68.6 Å². The van der Waals surface area contributed by atoms with E-state index in [1.165, 1.54) is 0 Å². The van der Waals surface area contributed by atoms with Crippen molar-refractivity contribution < 1.29 is 24.2 Å². The molecule has 2 aromatic rings. The van der Waals surface area contributed by atoms with Gasteiger partial charge in [-0.2, -0.15) is 0 Å². The molecule has 1 aromatic heterocycles. The van der Waals surface area contributed by atoms with Crippen molar-refractivity contribution >= 4 is 34.9 Å². The van der Waals surface area contributed by atoms with Crippen LogP contribution >= 0.6 is 11.6 Å². The summed E-state index contributed by atoms with van der Waals surface area (Å²) in [5, 5.41) is 18.4. The first kappa shape index (κ1) is 21.7. The van der Waals surface area contributed by atoms with Crippen LogP contribution in [0.2, 0.25) is 5.02 Å². The number of carboxylic acid groups (broad SMARTS) is 1. The predicted octanol–water partition coefficient (Wildman–Crippen LogP) is 3.95. The smallest absolute Gasteiger partial charge is 0.290 e. The Morgan fingerprint density at radius 3 is 2.45 bits per heavy atom. The quantitative estimate of drug-likeness (QED) is 0.732. The molecule has 29 heavy (non-hydrogen) atoms. The van der Waals surface area contributed by atoms with Gasteiger partial charge in [-0.3, -0.25) is 9.59 Å². The second kappa shape index (κ2) is 8.76. The average molecular weight is 422 g/mol. The lowest BCUT2D eigenvalue weighted by Gasteiger charge is -2.25. The number of nitrogens with zero attached hydrogens (tertiary/aromatic N) is 1. The van der Waals surface area contributed by atoms with Gasteiger partial charge in [0.1, 0.15) is 5.58 Å². The molecule has 0 saturated heterocycles. The first-order chi connectivity index (χ1) is 13.8. The molecular weight excluding hydrogens is 394 g/mol. The Bertz CT molecular complexity index is 894. The molecule has 0 spiro atoms. The van der Waals surface area contributed by atoms with Crippen molar-refractivity contribution in [3.63, 3.8) is 0 Å². The standard InChI is InChI=1S/C21H26ClNO3.CH2O2/c1-11-4-18-20(12(2)21(11)22)15(10-26-18)9-19(25)23(3)16-5-13-7-17(24)8-14(13)6-16;2-1-3/h4,10,13-14,16-17,24H,5-9H2,1-3H3;1H,(H,2,3)/t13-,14+,16?,17?;. The second-order valence-electron chi connectivity index (χ2n) is 8.32. The van der Waals surface area contributed by atoms with Crippen LogP contribution in [0.25, 0.3) is 11.0 Å². The van der Waals surface area contributed by atoms with Crippen molar-refractivity contribution in [3.8, 4) is 0 Å². The van der Waals surface area contributed by atoms with Crippen molar-refractivity contribution in [1.29, 1.82) is 0 Å². The lowest BCUT2D eigenvalue weighted by Crippen LogP contribution is -2.37. The van der Waals surface area contributed by atoms with E-state index in [1.54, 1.807) is 6.26 Å². The molecule has 4 rings (SSSR count). The number of rotatable bonds is 3. The molecule has 0 aliphatic heterocycles. The topological polar surface area (TPSA) is 91.0 Å². The number of furan rings is 1.